The fourth-order valence-electron chi connectivity index (χ4n) is 3.12. The highest BCUT2D eigenvalue weighted by Gasteiger charge is 2.52. The molecule has 0 spiro atoms. The van der Waals surface area contributed by atoms with Crippen LogP contribution in [0.3, 0.4) is 0 Å². The van der Waals surface area contributed by atoms with E-state index in [4.69, 9.17) is 15.1 Å². The topological polar surface area (TPSA) is 133 Å². The first kappa shape index (κ1) is 21.1. The average Bonchev–Trinajstić information content (AvgIpc) is 2.67. The van der Waals surface area contributed by atoms with Gasteiger partial charge < -0.3 is 14.7 Å². The molecule has 1 aromatic rings. The summed E-state index contributed by atoms with van der Waals surface area (Å²) in [6.07, 6.45) is 0.431. The second-order valence-corrected chi connectivity index (χ2v) is 8.72. The first-order valence-corrected chi connectivity index (χ1v) is 10.0. The summed E-state index contributed by atoms with van der Waals surface area (Å²) < 4.78 is 29.7. The van der Waals surface area contributed by atoms with Crippen LogP contribution in [0.2, 0.25) is 0 Å². The maximum atomic E-state index is 13.1. The van der Waals surface area contributed by atoms with Crippen molar-refractivity contribution in [3.05, 3.63) is 24.3 Å². The number of hydroxylamine groups is 1. The molecule has 0 aliphatic carbocycles. The number of aliphatic carboxylic acids is 1. The SMILES string of the molecule is CN(CCCC(=O)O)c1ccc(S(=O)(=O)C2(C(=O)NO)CCOCC2)cc1. The highest BCUT2D eigenvalue weighted by atomic mass is 32.2. The highest BCUT2D eigenvalue weighted by molar-refractivity contribution is 7.93. The van der Waals surface area contributed by atoms with Crippen molar-refractivity contribution in [1.29, 1.82) is 0 Å². The van der Waals surface area contributed by atoms with E-state index >= 15 is 0 Å². The molecule has 150 valence electrons. The van der Waals surface area contributed by atoms with Crippen molar-refractivity contribution in [2.24, 2.45) is 0 Å². The fraction of sp³-hybridized carbons (Fsp3) is 0.529. The third kappa shape index (κ3) is 4.40. The summed E-state index contributed by atoms with van der Waals surface area (Å²) >= 11 is 0. The summed E-state index contributed by atoms with van der Waals surface area (Å²) in [6, 6.07) is 6.05. The maximum Gasteiger partial charge on any atom is 0.303 e. The van der Waals surface area contributed by atoms with Gasteiger partial charge in [0.2, 0.25) is 0 Å². The number of amides is 1. The Kier molecular flexibility index (Phi) is 6.79. The van der Waals surface area contributed by atoms with Crippen LogP contribution in [0.4, 0.5) is 5.69 Å². The molecule has 1 saturated heterocycles. The summed E-state index contributed by atoms with van der Waals surface area (Å²) in [5.74, 6) is -1.82. The molecule has 2 rings (SSSR count). The number of carboxylic acid groups (broad SMARTS) is 1. The number of sulfone groups is 1. The van der Waals surface area contributed by atoms with E-state index in [1.165, 1.54) is 17.6 Å². The number of rotatable bonds is 8. The first-order valence-electron chi connectivity index (χ1n) is 8.54. The minimum Gasteiger partial charge on any atom is -0.481 e. The summed E-state index contributed by atoms with van der Waals surface area (Å²) in [5.41, 5.74) is 2.21. The molecule has 27 heavy (non-hydrogen) atoms. The van der Waals surface area contributed by atoms with Crippen molar-refractivity contribution >= 4 is 27.4 Å². The van der Waals surface area contributed by atoms with Crippen molar-refractivity contribution in [2.75, 3.05) is 31.7 Å². The molecule has 1 aromatic carbocycles. The number of anilines is 1. The molecule has 0 atom stereocenters. The molecule has 10 heteroatoms. The fourth-order valence-corrected chi connectivity index (χ4v) is 5.06. The lowest BCUT2D eigenvalue weighted by atomic mass is 9.98. The zero-order valence-electron chi connectivity index (χ0n) is 15.1. The zero-order valence-corrected chi connectivity index (χ0v) is 15.9. The number of hydrogen-bond donors (Lipinski definition) is 3. The van der Waals surface area contributed by atoms with Gasteiger partial charge in [-0.2, -0.15) is 0 Å². The summed E-state index contributed by atoms with van der Waals surface area (Å²) in [4.78, 5) is 24.6. The van der Waals surface area contributed by atoms with Gasteiger partial charge in [0.1, 0.15) is 0 Å². The Hall–Kier alpha value is -2.17. The van der Waals surface area contributed by atoms with Gasteiger partial charge in [0.25, 0.3) is 5.91 Å². The van der Waals surface area contributed by atoms with Crippen molar-refractivity contribution < 1.29 is 33.1 Å². The predicted molar refractivity (Wildman–Crippen MR) is 96.5 cm³/mol. The van der Waals surface area contributed by atoms with Crippen LogP contribution in [0.25, 0.3) is 0 Å². The molecule has 0 bridgehead atoms. The third-order valence-corrected chi connectivity index (χ3v) is 7.32. The largest absolute Gasteiger partial charge is 0.481 e. The van der Waals surface area contributed by atoms with E-state index in [2.05, 4.69) is 0 Å². The molecule has 0 radical (unpaired) electrons. The predicted octanol–water partition coefficient (Wildman–Crippen LogP) is 0.816. The molecule has 1 amide bonds. The van der Waals surface area contributed by atoms with E-state index in [1.54, 1.807) is 19.2 Å². The highest BCUT2D eigenvalue weighted by Crippen LogP contribution is 2.35. The Balaban J connectivity index is 2.23. The molecule has 1 aliphatic rings. The number of nitrogens with one attached hydrogen (secondary N) is 1. The molecule has 0 aromatic heterocycles. The Morgan fingerprint density at radius 2 is 1.81 bits per heavy atom. The van der Waals surface area contributed by atoms with Gasteiger partial charge in [-0.25, -0.2) is 13.9 Å². The van der Waals surface area contributed by atoms with Crippen LogP contribution in [0.15, 0.2) is 29.2 Å². The van der Waals surface area contributed by atoms with E-state index in [1.807, 2.05) is 4.90 Å². The second-order valence-electron chi connectivity index (χ2n) is 6.46. The number of carbonyl (C=O) groups is 2. The first-order chi connectivity index (χ1) is 12.7. The molecule has 1 fully saturated rings. The lowest BCUT2D eigenvalue weighted by Crippen LogP contribution is -2.54. The van der Waals surface area contributed by atoms with Gasteiger partial charge in [0.15, 0.2) is 14.6 Å². The van der Waals surface area contributed by atoms with Crippen LogP contribution < -0.4 is 10.4 Å². The van der Waals surface area contributed by atoms with E-state index in [-0.39, 0.29) is 37.4 Å². The number of carboxylic acids is 1. The summed E-state index contributed by atoms with van der Waals surface area (Å²) in [7, 11) is -2.27. The van der Waals surface area contributed by atoms with Crippen LogP contribution in [0.1, 0.15) is 25.7 Å². The Morgan fingerprint density at radius 3 is 2.33 bits per heavy atom. The monoisotopic (exact) mass is 400 g/mol. The Morgan fingerprint density at radius 1 is 1.22 bits per heavy atom. The van der Waals surface area contributed by atoms with Gasteiger partial charge in [0.05, 0.1) is 4.90 Å². The van der Waals surface area contributed by atoms with Crippen LogP contribution in [-0.4, -0.2) is 62.2 Å². The minimum absolute atomic E-state index is 0.0179. The van der Waals surface area contributed by atoms with Crippen LogP contribution in [0, 0.1) is 0 Å². The Labute approximate surface area is 157 Å². The van der Waals surface area contributed by atoms with Crippen molar-refractivity contribution in [3.8, 4) is 0 Å². The molecule has 1 heterocycles. The molecule has 0 saturated carbocycles. The number of ether oxygens (including phenoxy) is 1. The molecule has 3 N–H and O–H groups in total. The molecule has 0 unspecified atom stereocenters. The minimum atomic E-state index is -4.05. The number of carbonyl (C=O) groups excluding carboxylic acids is 1. The van der Waals surface area contributed by atoms with Crippen molar-refractivity contribution in [2.45, 2.75) is 35.3 Å². The Bertz CT molecular complexity index is 771. The van der Waals surface area contributed by atoms with Crippen molar-refractivity contribution in [3.63, 3.8) is 0 Å². The van der Waals surface area contributed by atoms with E-state index < -0.39 is 26.5 Å². The zero-order chi connectivity index (χ0) is 20.1. The molecule has 9 nitrogen and oxygen atoms in total. The standard InChI is InChI=1S/C17H24N2O7S/c1-19(10-2-3-15(20)21)13-4-6-14(7-5-13)27(24,25)17(16(22)18-23)8-11-26-12-9-17/h4-7,23H,2-3,8-12H2,1H3,(H,18,22)(H,20,21). The van der Waals surface area contributed by atoms with E-state index in [0.717, 1.165) is 5.69 Å². The van der Waals surface area contributed by atoms with E-state index in [9.17, 15) is 18.0 Å². The number of benzene rings is 1. The van der Waals surface area contributed by atoms with Gasteiger partial charge in [0, 0.05) is 38.9 Å². The molecular formula is C17H24N2O7S. The average molecular weight is 400 g/mol. The van der Waals surface area contributed by atoms with Crippen LogP contribution in [0.5, 0.6) is 0 Å². The second kappa shape index (κ2) is 8.68. The summed E-state index contributed by atoms with van der Waals surface area (Å²) in [6.45, 7) is 0.723. The van der Waals surface area contributed by atoms with E-state index in [0.29, 0.717) is 13.0 Å². The molecule has 1 aliphatic heterocycles. The third-order valence-electron chi connectivity index (χ3n) is 4.80. The molecular weight excluding hydrogens is 376 g/mol. The smallest absolute Gasteiger partial charge is 0.303 e. The van der Waals surface area contributed by atoms with Gasteiger partial charge >= 0.3 is 5.97 Å². The van der Waals surface area contributed by atoms with Gasteiger partial charge in [-0.1, -0.05) is 0 Å². The lowest BCUT2D eigenvalue weighted by Gasteiger charge is -2.34. The number of hydrogen-bond acceptors (Lipinski definition) is 7. The van der Waals surface area contributed by atoms with Crippen LogP contribution in [-0.2, 0) is 24.2 Å². The van der Waals surface area contributed by atoms with Gasteiger partial charge in [-0.3, -0.25) is 14.8 Å². The maximum absolute atomic E-state index is 13.1. The normalized spacial score (nSPS) is 16.5. The van der Waals surface area contributed by atoms with Crippen molar-refractivity contribution in [1.82, 2.24) is 5.48 Å². The van der Waals surface area contributed by atoms with Gasteiger partial charge in [-0.15, -0.1) is 0 Å². The lowest BCUT2D eigenvalue weighted by molar-refractivity contribution is -0.137. The quantitative estimate of drug-likeness (QED) is 0.431. The summed E-state index contributed by atoms with van der Waals surface area (Å²) in [5, 5.41) is 17.7. The van der Waals surface area contributed by atoms with Crippen LogP contribution >= 0.6 is 0 Å². The number of nitrogens with zero attached hydrogens (tertiary/aromatic N) is 1. The van der Waals surface area contributed by atoms with Gasteiger partial charge in [-0.05, 0) is 43.5 Å².